The first kappa shape index (κ1) is 12.2. The van der Waals surface area contributed by atoms with Crippen molar-refractivity contribution in [3.05, 3.63) is 48.0 Å². The number of hydrogen-bond acceptors (Lipinski definition) is 4. The van der Waals surface area contributed by atoms with E-state index in [0.717, 1.165) is 23.7 Å². The Morgan fingerprint density at radius 3 is 2.79 bits per heavy atom. The van der Waals surface area contributed by atoms with E-state index in [1.165, 1.54) is 12.8 Å². The first-order valence-corrected chi connectivity index (χ1v) is 6.67. The highest BCUT2D eigenvalue weighted by Gasteiger charge is 2.30. The fraction of sp³-hybridized carbons (Fsp3) is 0.400. The number of aliphatic hydroxyl groups excluding tert-OH is 1. The van der Waals surface area contributed by atoms with Crippen LogP contribution in [0.15, 0.2) is 41.1 Å². The standard InChI is InChI=1S/C15H18N2O2/c1-11(18)12-4-7-15(16-9-12)17(13-5-6-13)10-14-3-2-8-19-14/h2-4,7-9,11,13,18H,5-6,10H2,1H3. The number of aromatic nitrogens is 1. The van der Waals surface area contributed by atoms with E-state index in [2.05, 4.69) is 9.88 Å². The molecule has 1 aliphatic carbocycles. The van der Waals surface area contributed by atoms with Gasteiger partial charge < -0.3 is 14.4 Å². The Morgan fingerprint density at radius 2 is 2.26 bits per heavy atom. The van der Waals surface area contributed by atoms with Crippen molar-refractivity contribution in [2.45, 2.75) is 38.5 Å². The first-order chi connectivity index (χ1) is 9.24. The van der Waals surface area contributed by atoms with Crippen LogP contribution >= 0.6 is 0 Å². The zero-order valence-corrected chi connectivity index (χ0v) is 11.0. The van der Waals surface area contributed by atoms with E-state index in [0.29, 0.717) is 6.04 Å². The van der Waals surface area contributed by atoms with Crippen LogP contribution in [0.1, 0.15) is 37.2 Å². The highest BCUT2D eigenvalue weighted by Crippen LogP contribution is 2.32. The lowest BCUT2D eigenvalue weighted by Crippen LogP contribution is -2.25. The molecule has 1 unspecified atom stereocenters. The fourth-order valence-corrected chi connectivity index (χ4v) is 2.17. The van der Waals surface area contributed by atoms with Crippen LogP contribution in [0.3, 0.4) is 0 Å². The lowest BCUT2D eigenvalue weighted by atomic mass is 10.2. The topological polar surface area (TPSA) is 49.5 Å². The van der Waals surface area contributed by atoms with Gasteiger partial charge in [-0.15, -0.1) is 0 Å². The fourth-order valence-electron chi connectivity index (χ4n) is 2.17. The van der Waals surface area contributed by atoms with Crippen molar-refractivity contribution in [2.75, 3.05) is 4.90 Å². The molecule has 1 atom stereocenters. The molecular formula is C15H18N2O2. The van der Waals surface area contributed by atoms with Crippen LogP contribution in [-0.4, -0.2) is 16.1 Å². The van der Waals surface area contributed by atoms with Gasteiger partial charge in [0.15, 0.2) is 0 Å². The Hall–Kier alpha value is -1.81. The van der Waals surface area contributed by atoms with Crippen molar-refractivity contribution >= 4 is 5.82 Å². The van der Waals surface area contributed by atoms with Crippen molar-refractivity contribution < 1.29 is 9.52 Å². The van der Waals surface area contributed by atoms with Gasteiger partial charge >= 0.3 is 0 Å². The summed E-state index contributed by atoms with van der Waals surface area (Å²) in [5.41, 5.74) is 0.845. The third-order valence-corrected chi connectivity index (χ3v) is 3.44. The summed E-state index contributed by atoms with van der Waals surface area (Å²) in [6.45, 7) is 2.50. The summed E-state index contributed by atoms with van der Waals surface area (Å²) >= 11 is 0. The van der Waals surface area contributed by atoms with Crippen molar-refractivity contribution in [2.24, 2.45) is 0 Å². The molecule has 2 heterocycles. The third kappa shape index (κ3) is 2.79. The van der Waals surface area contributed by atoms with Crippen LogP contribution in [0.2, 0.25) is 0 Å². The molecule has 0 aromatic carbocycles. The SMILES string of the molecule is CC(O)c1ccc(N(Cc2ccco2)C2CC2)nc1. The second kappa shape index (κ2) is 5.05. The maximum atomic E-state index is 9.51. The molecule has 100 valence electrons. The average Bonchev–Trinajstić information content (AvgIpc) is 3.13. The summed E-state index contributed by atoms with van der Waals surface area (Å²) < 4.78 is 5.42. The van der Waals surface area contributed by atoms with Crippen LogP contribution < -0.4 is 4.90 Å². The number of rotatable bonds is 5. The maximum Gasteiger partial charge on any atom is 0.129 e. The molecule has 0 amide bonds. The van der Waals surface area contributed by atoms with Crippen LogP contribution in [0.25, 0.3) is 0 Å². The van der Waals surface area contributed by atoms with Crippen molar-refractivity contribution in [1.82, 2.24) is 4.98 Å². The number of furan rings is 1. The normalized spacial score (nSPS) is 16.3. The molecule has 1 N–H and O–H groups in total. The quantitative estimate of drug-likeness (QED) is 0.896. The van der Waals surface area contributed by atoms with Gasteiger partial charge in [0, 0.05) is 12.2 Å². The monoisotopic (exact) mass is 258 g/mol. The minimum Gasteiger partial charge on any atom is -0.467 e. The maximum absolute atomic E-state index is 9.51. The van der Waals surface area contributed by atoms with E-state index in [1.807, 2.05) is 24.3 Å². The molecule has 4 heteroatoms. The summed E-state index contributed by atoms with van der Waals surface area (Å²) in [5.74, 6) is 1.90. The highest BCUT2D eigenvalue weighted by atomic mass is 16.3. The molecule has 0 aliphatic heterocycles. The minimum atomic E-state index is -0.471. The Balaban J connectivity index is 1.79. The molecule has 1 aliphatic rings. The Morgan fingerprint density at radius 1 is 1.42 bits per heavy atom. The molecular weight excluding hydrogens is 240 g/mol. The number of anilines is 1. The van der Waals surface area contributed by atoms with Gasteiger partial charge in [-0.25, -0.2) is 4.98 Å². The number of aliphatic hydroxyl groups is 1. The van der Waals surface area contributed by atoms with E-state index in [9.17, 15) is 5.11 Å². The molecule has 2 aromatic heterocycles. The van der Waals surface area contributed by atoms with Crippen LogP contribution in [-0.2, 0) is 6.54 Å². The molecule has 2 aromatic rings. The van der Waals surface area contributed by atoms with Crippen LogP contribution in [0, 0.1) is 0 Å². The van der Waals surface area contributed by atoms with E-state index in [-0.39, 0.29) is 0 Å². The van der Waals surface area contributed by atoms with E-state index < -0.39 is 6.10 Å². The summed E-state index contributed by atoms with van der Waals surface area (Å²) in [6.07, 6.45) is 5.39. The predicted molar refractivity (Wildman–Crippen MR) is 72.8 cm³/mol. The van der Waals surface area contributed by atoms with Crippen molar-refractivity contribution in [3.63, 3.8) is 0 Å². The lowest BCUT2D eigenvalue weighted by molar-refractivity contribution is 0.199. The van der Waals surface area contributed by atoms with Gasteiger partial charge in [-0.1, -0.05) is 6.07 Å². The zero-order valence-electron chi connectivity index (χ0n) is 11.0. The minimum absolute atomic E-state index is 0.471. The molecule has 19 heavy (non-hydrogen) atoms. The number of pyridine rings is 1. The zero-order chi connectivity index (χ0) is 13.2. The average molecular weight is 258 g/mol. The van der Waals surface area contributed by atoms with Gasteiger partial charge in [0.2, 0.25) is 0 Å². The van der Waals surface area contributed by atoms with Gasteiger partial charge in [0.05, 0.1) is 18.9 Å². The first-order valence-electron chi connectivity index (χ1n) is 6.67. The smallest absolute Gasteiger partial charge is 0.129 e. The van der Waals surface area contributed by atoms with Gasteiger partial charge in [0.25, 0.3) is 0 Å². The van der Waals surface area contributed by atoms with Crippen LogP contribution in [0.4, 0.5) is 5.82 Å². The summed E-state index contributed by atoms with van der Waals surface area (Å²) in [4.78, 5) is 6.73. The summed E-state index contributed by atoms with van der Waals surface area (Å²) in [5, 5.41) is 9.51. The van der Waals surface area contributed by atoms with Gasteiger partial charge in [-0.3, -0.25) is 0 Å². The Kier molecular flexibility index (Phi) is 3.25. The highest BCUT2D eigenvalue weighted by molar-refractivity contribution is 5.42. The van der Waals surface area contributed by atoms with Crippen molar-refractivity contribution in [1.29, 1.82) is 0 Å². The van der Waals surface area contributed by atoms with E-state index in [4.69, 9.17) is 4.42 Å². The van der Waals surface area contributed by atoms with Gasteiger partial charge in [0.1, 0.15) is 11.6 Å². The van der Waals surface area contributed by atoms with Gasteiger partial charge in [-0.2, -0.15) is 0 Å². The molecule has 0 saturated heterocycles. The molecule has 1 fully saturated rings. The predicted octanol–water partition coefficient (Wildman–Crippen LogP) is 2.90. The molecule has 1 saturated carbocycles. The molecule has 4 nitrogen and oxygen atoms in total. The molecule has 0 spiro atoms. The number of nitrogens with zero attached hydrogens (tertiary/aromatic N) is 2. The Bertz CT molecular complexity index is 516. The third-order valence-electron chi connectivity index (χ3n) is 3.44. The second-order valence-electron chi connectivity index (χ2n) is 5.06. The molecule has 0 bridgehead atoms. The molecule has 0 radical (unpaired) electrons. The van der Waals surface area contributed by atoms with Gasteiger partial charge in [-0.05, 0) is 43.5 Å². The largest absolute Gasteiger partial charge is 0.467 e. The lowest BCUT2D eigenvalue weighted by Gasteiger charge is -2.22. The molecule has 3 rings (SSSR count). The van der Waals surface area contributed by atoms with Crippen LogP contribution in [0.5, 0.6) is 0 Å². The van der Waals surface area contributed by atoms with E-state index >= 15 is 0 Å². The number of hydrogen-bond donors (Lipinski definition) is 1. The second-order valence-corrected chi connectivity index (χ2v) is 5.06. The van der Waals surface area contributed by atoms with E-state index in [1.54, 1.807) is 19.4 Å². The summed E-state index contributed by atoms with van der Waals surface area (Å²) in [6, 6.07) is 8.37. The summed E-state index contributed by atoms with van der Waals surface area (Å²) in [7, 11) is 0. The Labute approximate surface area is 112 Å². The van der Waals surface area contributed by atoms with Crippen molar-refractivity contribution in [3.8, 4) is 0 Å².